The van der Waals surface area contributed by atoms with Gasteiger partial charge in [-0.15, -0.1) is 0 Å². The number of carbonyl (C=O) groups excluding carboxylic acids is 1. The number of allylic oxidation sites excluding steroid dienone is 2. The van der Waals surface area contributed by atoms with E-state index in [2.05, 4.69) is 5.32 Å². The maximum Gasteiger partial charge on any atom is 0.252 e. The summed E-state index contributed by atoms with van der Waals surface area (Å²) in [6.45, 7) is 4.01. The Morgan fingerprint density at radius 3 is 2.89 bits per heavy atom. The molecule has 0 heterocycles. The van der Waals surface area contributed by atoms with Crippen molar-refractivity contribution in [3.05, 3.63) is 53.6 Å². The van der Waals surface area contributed by atoms with Gasteiger partial charge < -0.3 is 10.4 Å². The molecule has 1 amide bonds. The Kier molecular flexibility index (Phi) is 3.24. The van der Waals surface area contributed by atoms with Crippen LogP contribution in [0.5, 0.6) is 5.75 Å². The molecule has 0 aromatic heterocycles. The van der Waals surface area contributed by atoms with E-state index in [1.807, 2.05) is 32.1 Å². The monoisotopic (exact) mass is 243 g/mol. The van der Waals surface area contributed by atoms with Crippen molar-refractivity contribution in [1.82, 2.24) is 5.32 Å². The number of hydrogen-bond acceptors (Lipinski definition) is 2. The summed E-state index contributed by atoms with van der Waals surface area (Å²) in [4.78, 5) is 12.1. The van der Waals surface area contributed by atoms with E-state index < -0.39 is 0 Å². The Hall–Kier alpha value is -2.03. The number of aromatic hydroxyl groups is 1. The average molecular weight is 243 g/mol. The first-order chi connectivity index (χ1) is 8.51. The fourth-order valence-corrected chi connectivity index (χ4v) is 1.98. The molecule has 1 aromatic carbocycles. The van der Waals surface area contributed by atoms with Crippen molar-refractivity contribution in [1.29, 1.82) is 0 Å². The molecule has 1 aliphatic carbocycles. The second kappa shape index (κ2) is 4.69. The number of benzene rings is 1. The quantitative estimate of drug-likeness (QED) is 0.839. The Morgan fingerprint density at radius 2 is 2.22 bits per heavy atom. The van der Waals surface area contributed by atoms with E-state index in [1.54, 1.807) is 18.2 Å². The third-order valence-electron chi connectivity index (χ3n) is 3.38. The first kappa shape index (κ1) is 12.4. The Bertz CT molecular complexity index is 531. The molecule has 3 heteroatoms. The standard InChI is InChI=1S/C15H17NO2/c1-11-6-3-4-9-15(11,2)16-14(18)12-7-5-8-13(17)10-12/h3-8,10,17H,9H2,1-2H3,(H,16,18). The molecule has 0 fully saturated rings. The molecular weight excluding hydrogens is 226 g/mol. The zero-order valence-electron chi connectivity index (χ0n) is 10.6. The lowest BCUT2D eigenvalue weighted by atomic mass is 9.85. The minimum Gasteiger partial charge on any atom is -0.508 e. The molecule has 2 N–H and O–H groups in total. The molecular formula is C15H17NO2. The van der Waals surface area contributed by atoms with Gasteiger partial charge in [-0.2, -0.15) is 0 Å². The molecule has 18 heavy (non-hydrogen) atoms. The van der Waals surface area contributed by atoms with Crippen LogP contribution in [-0.2, 0) is 0 Å². The van der Waals surface area contributed by atoms with Crippen LogP contribution in [-0.4, -0.2) is 16.6 Å². The molecule has 0 aliphatic heterocycles. The van der Waals surface area contributed by atoms with Crippen molar-refractivity contribution in [3.63, 3.8) is 0 Å². The van der Waals surface area contributed by atoms with Gasteiger partial charge in [-0.3, -0.25) is 4.79 Å². The van der Waals surface area contributed by atoms with Crippen LogP contribution in [0, 0.1) is 0 Å². The zero-order chi connectivity index (χ0) is 13.2. The van der Waals surface area contributed by atoms with Crippen molar-refractivity contribution in [3.8, 4) is 5.75 Å². The largest absolute Gasteiger partial charge is 0.508 e. The van der Waals surface area contributed by atoms with Gasteiger partial charge in [0.1, 0.15) is 5.75 Å². The summed E-state index contributed by atoms with van der Waals surface area (Å²) in [7, 11) is 0. The highest BCUT2D eigenvalue weighted by molar-refractivity contribution is 5.95. The summed E-state index contributed by atoms with van der Waals surface area (Å²) in [5, 5.41) is 12.4. The van der Waals surface area contributed by atoms with Gasteiger partial charge in [0.15, 0.2) is 0 Å². The first-order valence-corrected chi connectivity index (χ1v) is 5.97. The number of phenols is 1. The van der Waals surface area contributed by atoms with Gasteiger partial charge in [-0.25, -0.2) is 0 Å². The van der Waals surface area contributed by atoms with Gasteiger partial charge in [-0.1, -0.05) is 24.3 Å². The highest BCUT2D eigenvalue weighted by Crippen LogP contribution is 2.25. The van der Waals surface area contributed by atoms with Gasteiger partial charge in [0.05, 0.1) is 5.54 Å². The van der Waals surface area contributed by atoms with E-state index in [-0.39, 0.29) is 17.2 Å². The predicted molar refractivity (Wildman–Crippen MR) is 71.5 cm³/mol. The van der Waals surface area contributed by atoms with Crippen molar-refractivity contribution >= 4 is 5.91 Å². The van der Waals surface area contributed by atoms with Gasteiger partial charge in [0, 0.05) is 5.56 Å². The van der Waals surface area contributed by atoms with E-state index in [4.69, 9.17) is 0 Å². The number of rotatable bonds is 2. The second-order valence-corrected chi connectivity index (χ2v) is 4.82. The second-order valence-electron chi connectivity index (χ2n) is 4.82. The van der Waals surface area contributed by atoms with E-state index in [0.717, 1.165) is 12.0 Å². The molecule has 0 saturated carbocycles. The van der Waals surface area contributed by atoms with Gasteiger partial charge in [0.2, 0.25) is 0 Å². The predicted octanol–water partition coefficient (Wildman–Crippen LogP) is 2.79. The van der Waals surface area contributed by atoms with Crippen molar-refractivity contribution in [2.75, 3.05) is 0 Å². The molecule has 1 atom stereocenters. The molecule has 3 nitrogen and oxygen atoms in total. The van der Waals surface area contributed by atoms with Crippen LogP contribution in [0.3, 0.4) is 0 Å². The van der Waals surface area contributed by atoms with Gasteiger partial charge >= 0.3 is 0 Å². The van der Waals surface area contributed by atoms with E-state index in [0.29, 0.717) is 5.56 Å². The first-order valence-electron chi connectivity index (χ1n) is 5.97. The molecule has 0 spiro atoms. The average Bonchev–Trinajstić information content (AvgIpc) is 2.33. The minimum atomic E-state index is -0.350. The Balaban J connectivity index is 2.17. The summed E-state index contributed by atoms with van der Waals surface area (Å²) < 4.78 is 0. The SMILES string of the molecule is CC1=CC=CCC1(C)NC(=O)c1cccc(O)c1. The number of carbonyl (C=O) groups is 1. The lowest BCUT2D eigenvalue weighted by molar-refractivity contribution is 0.0918. The van der Waals surface area contributed by atoms with Crippen LogP contribution in [0.4, 0.5) is 0 Å². The van der Waals surface area contributed by atoms with Crippen LogP contribution >= 0.6 is 0 Å². The van der Waals surface area contributed by atoms with E-state index >= 15 is 0 Å². The van der Waals surface area contributed by atoms with Crippen LogP contribution < -0.4 is 5.32 Å². The maximum atomic E-state index is 12.1. The fraction of sp³-hybridized carbons (Fsp3) is 0.267. The molecule has 0 saturated heterocycles. The number of amides is 1. The minimum absolute atomic E-state index is 0.101. The molecule has 1 unspecified atom stereocenters. The van der Waals surface area contributed by atoms with Crippen LogP contribution in [0.15, 0.2) is 48.1 Å². The van der Waals surface area contributed by atoms with Crippen LogP contribution in [0.25, 0.3) is 0 Å². The van der Waals surface area contributed by atoms with Crippen LogP contribution in [0.1, 0.15) is 30.6 Å². The van der Waals surface area contributed by atoms with E-state index in [9.17, 15) is 9.90 Å². The lowest BCUT2D eigenvalue weighted by Gasteiger charge is -2.32. The van der Waals surface area contributed by atoms with Crippen molar-refractivity contribution < 1.29 is 9.90 Å². The summed E-state index contributed by atoms with van der Waals surface area (Å²) in [6, 6.07) is 6.37. The third kappa shape index (κ3) is 2.45. The summed E-state index contributed by atoms with van der Waals surface area (Å²) in [5.41, 5.74) is 1.24. The molecule has 94 valence electrons. The highest BCUT2D eigenvalue weighted by atomic mass is 16.3. The van der Waals surface area contributed by atoms with Gasteiger partial charge in [-0.05, 0) is 44.0 Å². The zero-order valence-corrected chi connectivity index (χ0v) is 10.6. The van der Waals surface area contributed by atoms with Crippen LogP contribution in [0.2, 0.25) is 0 Å². The summed E-state index contributed by atoms with van der Waals surface area (Å²) in [5.74, 6) is -0.0694. The van der Waals surface area contributed by atoms with E-state index in [1.165, 1.54) is 6.07 Å². The fourth-order valence-electron chi connectivity index (χ4n) is 1.98. The smallest absolute Gasteiger partial charge is 0.252 e. The third-order valence-corrected chi connectivity index (χ3v) is 3.38. The number of phenolic OH excluding ortho intramolecular Hbond substituents is 1. The van der Waals surface area contributed by atoms with Crippen molar-refractivity contribution in [2.24, 2.45) is 0 Å². The molecule has 1 aliphatic rings. The summed E-state index contributed by atoms with van der Waals surface area (Å²) in [6.07, 6.45) is 6.82. The lowest BCUT2D eigenvalue weighted by Crippen LogP contribution is -2.47. The summed E-state index contributed by atoms with van der Waals surface area (Å²) >= 11 is 0. The molecule has 1 aromatic rings. The number of hydrogen-bond donors (Lipinski definition) is 2. The maximum absolute atomic E-state index is 12.1. The Labute approximate surface area is 107 Å². The van der Waals surface area contributed by atoms with Gasteiger partial charge in [0.25, 0.3) is 5.91 Å². The topological polar surface area (TPSA) is 49.3 Å². The Morgan fingerprint density at radius 1 is 1.44 bits per heavy atom. The normalized spacial score (nSPS) is 22.4. The number of nitrogens with one attached hydrogen (secondary N) is 1. The van der Waals surface area contributed by atoms with Crippen molar-refractivity contribution in [2.45, 2.75) is 25.8 Å². The highest BCUT2D eigenvalue weighted by Gasteiger charge is 2.28. The molecule has 0 radical (unpaired) electrons. The molecule has 2 rings (SSSR count). The molecule has 0 bridgehead atoms.